The van der Waals surface area contributed by atoms with Gasteiger partial charge in [0.15, 0.2) is 0 Å². The van der Waals surface area contributed by atoms with Crippen molar-refractivity contribution in [1.82, 2.24) is 0 Å². The Balaban J connectivity index is 1.78. The van der Waals surface area contributed by atoms with Crippen molar-refractivity contribution in [2.24, 2.45) is 0 Å². The highest BCUT2D eigenvalue weighted by Crippen LogP contribution is 2.44. The molecule has 2 aromatic carbocycles. The molecular weight excluding hydrogens is 304 g/mol. The lowest BCUT2D eigenvalue weighted by Crippen LogP contribution is -2.05. The van der Waals surface area contributed by atoms with Crippen LogP contribution in [0, 0.1) is 0 Å². The number of ether oxygens (including phenoxy) is 2. The number of hydrogen-bond acceptors (Lipinski definition) is 2. The highest BCUT2D eigenvalue weighted by atomic mass is 79.9. The maximum Gasteiger partial charge on any atom is 0.134 e. The number of halogens is 1. The monoisotopic (exact) mass is 318 g/mol. The van der Waals surface area contributed by atoms with E-state index < -0.39 is 0 Å². The van der Waals surface area contributed by atoms with Crippen molar-refractivity contribution in [2.45, 2.75) is 19.1 Å². The molecule has 1 unspecified atom stereocenters. The molecule has 98 valence electrons. The Kier molecular flexibility index (Phi) is 3.33. The minimum atomic E-state index is -0.148. The Bertz CT molecular complexity index is 577. The molecule has 2 nitrogen and oxygen atoms in total. The fourth-order valence-corrected chi connectivity index (χ4v) is 2.83. The quantitative estimate of drug-likeness (QED) is 0.785. The summed E-state index contributed by atoms with van der Waals surface area (Å²) < 4.78 is 12.4. The summed E-state index contributed by atoms with van der Waals surface area (Å²) in [5.41, 5.74) is 2.16. The van der Waals surface area contributed by atoms with Gasteiger partial charge in [-0.05, 0) is 34.5 Å². The molecule has 1 fully saturated rings. The lowest BCUT2D eigenvalue weighted by molar-refractivity contribution is 0.299. The van der Waals surface area contributed by atoms with Crippen molar-refractivity contribution < 1.29 is 9.47 Å². The summed E-state index contributed by atoms with van der Waals surface area (Å²) >= 11 is 3.63. The van der Waals surface area contributed by atoms with Gasteiger partial charge < -0.3 is 9.47 Å². The van der Waals surface area contributed by atoms with Crippen LogP contribution < -0.4 is 4.74 Å². The van der Waals surface area contributed by atoms with Gasteiger partial charge >= 0.3 is 0 Å². The third-order valence-corrected chi connectivity index (χ3v) is 4.17. The summed E-state index contributed by atoms with van der Waals surface area (Å²) in [5.74, 6) is 0.859. The molecule has 0 amide bonds. The van der Waals surface area contributed by atoms with Crippen LogP contribution in [-0.2, 0) is 16.9 Å². The average Bonchev–Trinajstić information content (AvgIpc) is 3.18. The van der Waals surface area contributed by atoms with E-state index in [9.17, 15) is 0 Å². The van der Waals surface area contributed by atoms with Crippen molar-refractivity contribution in [2.75, 3.05) is 6.61 Å². The number of rotatable bonds is 4. The van der Waals surface area contributed by atoms with Gasteiger partial charge in [0.1, 0.15) is 18.0 Å². The van der Waals surface area contributed by atoms with Gasteiger partial charge in [-0.3, -0.25) is 0 Å². The van der Waals surface area contributed by atoms with Crippen molar-refractivity contribution in [3.05, 3.63) is 64.1 Å². The molecular formula is C16H15BrO2. The van der Waals surface area contributed by atoms with E-state index in [1.54, 1.807) is 0 Å². The molecule has 2 aromatic rings. The van der Waals surface area contributed by atoms with Gasteiger partial charge in [0.05, 0.1) is 11.1 Å². The molecule has 0 N–H and O–H groups in total. The molecule has 1 aliphatic heterocycles. The highest BCUT2D eigenvalue weighted by molar-refractivity contribution is 9.10. The summed E-state index contributed by atoms with van der Waals surface area (Å²) in [4.78, 5) is 0. The maximum absolute atomic E-state index is 5.88. The fraction of sp³-hybridized carbons (Fsp3) is 0.250. The van der Waals surface area contributed by atoms with Crippen molar-refractivity contribution in [1.29, 1.82) is 0 Å². The molecule has 0 aliphatic carbocycles. The Hall–Kier alpha value is -1.32. The number of epoxide rings is 1. The third-order valence-electron chi connectivity index (χ3n) is 3.35. The minimum absolute atomic E-state index is 0.148. The van der Waals surface area contributed by atoms with Crippen LogP contribution in [0.2, 0.25) is 0 Å². The fourth-order valence-electron chi connectivity index (χ4n) is 2.03. The molecule has 0 spiro atoms. The second-order valence-electron chi connectivity index (χ2n) is 4.91. The normalized spacial score (nSPS) is 21.2. The molecule has 0 bridgehead atoms. The summed E-state index contributed by atoms with van der Waals surface area (Å²) in [6.45, 7) is 3.43. The van der Waals surface area contributed by atoms with Crippen LogP contribution in [0.15, 0.2) is 53.0 Å². The van der Waals surface area contributed by atoms with Crippen molar-refractivity contribution in [3.63, 3.8) is 0 Å². The predicted octanol–water partition coefficient (Wildman–Crippen LogP) is 4.27. The number of benzene rings is 2. The first-order valence-electron chi connectivity index (χ1n) is 6.29. The molecule has 1 saturated heterocycles. The molecule has 3 heteroatoms. The Labute approximate surface area is 121 Å². The Morgan fingerprint density at radius 3 is 2.58 bits per heavy atom. The van der Waals surface area contributed by atoms with E-state index in [4.69, 9.17) is 9.47 Å². The Morgan fingerprint density at radius 1 is 1.16 bits per heavy atom. The third kappa shape index (κ3) is 2.67. The number of hydrogen-bond donors (Lipinski definition) is 0. The highest BCUT2D eigenvalue weighted by Gasteiger charge is 2.43. The van der Waals surface area contributed by atoms with Crippen LogP contribution >= 0.6 is 15.9 Å². The van der Waals surface area contributed by atoms with Gasteiger partial charge in [-0.1, -0.05) is 42.5 Å². The van der Waals surface area contributed by atoms with Crippen LogP contribution in [-0.4, -0.2) is 6.61 Å². The maximum atomic E-state index is 5.88. The minimum Gasteiger partial charge on any atom is -0.488 e. The smallest absolute Gasteiger partial charge is 0.134 e. The Morgan fingerprint density at radius 2 is 1.89 bits per heavy atom. The average molecular weight is 319 g/mol. The van der Waals surface area contributed by atoms with Crippen LogP contribution in [0.4, 0.5) is 0 Å². The molecule has 1 heterocycles. The van der Waals surface area contributed by atoms with Crippen molar-refractivity contribution >= 4 is 15.9 Å². The van der Waals surface area contributed by atoms with Gasteiger partial charge in [-0.2, -0.15) is 0 Å². The largest absolute Gasteiger partial charge is 0.488 e. The van der Waals surface area contributed by atoms with E-state index in [-0.39, 0.29) is 5.60 Å². The standard InChI is InChI=1S/C16H15BrO2/c1-16(11-19-16)13-8-5-9-14(15(13)17)18-10-12-6-3-2-4-7-12/h2-9H,10-11H2,1H3. The van der Waals surface area contributed by atoms with E-state index in [0.29, 0.717) is 6.61 Å². The molecule has 0 aromatic heterocycles. The molecule has 1 aliphatic rings. The SMILES string of the molecule is CC1(c2cccc(OCc3ccccc3)c2Br)CO1. The zero-order valence-electron chi connectivity index (χ0n) is 10.7. The van der Waals surface area contributed by atoms with E-state index in [1.807, 2.05) is 30.3 Å². The molecule has 19 heavy (non-hydrogen) atoms. The van der Waals surface area contributed by atoms with Gasteiger partial charge in [-0.25, -0.2) is 0 Å². The van der Waals surface area contributed by atoms with E-state index in [1.165, 1.54) is 0 Å². The molecule has 1 atom stereocenters. The lowest BCUT2D eigenvalue weighted by Gasteiger charge is -2.13. The first-order chi connectivity index (χ1) is 9.19. The van der Waals surface area contributed by atoms with Gasteiger partial charge in [0, 0.05) is 5.56 Å². The summed E-state index contributed by atoms with van der Waals surface area (Å²) in [6, 6.07) is 16.2. The van der Waals surface area contributed by atoms with Crippen LogP contribution in [0.1, 0.15) is 18.1 Å². The molecule has 3 rings (SSSR count). The first-order valence-corrected chi connectivity index (χ1v) is 7.08. The zero-order chi connectivity index (χ0) is 13.3. The van der Waals surface area contributed by atoms with Gasteiger partial charge in [0.25, 0.3) is 0 Å². The van der Waals surface area contributed by atoms with Crippen LogP contribution in [0.3, 0.4) is 0 Å². The second kappa shape index (κ2) is 4.99. The van der Waals surface area contributed by atoms with E-state index in [2.05, 4.69) is 41.1 Å². The van der Waals surface area contributed by atoms with Gasteiger partial charge in [0.2, 0.25) is 0 Å². The predicted molar refractivity (Wildman–Crippen MR) is 78.2 cm³/mol. The summed E-state index contributed by atoms with van der Waals surface area (Å²) in [6.07, 6.45) is 0. The van der Waals surface area contributed by atoms with Gasteiger partial charge in [-0.15, -0.1) is 0 Å². The second-order valence-corrected chi connectivity index (χ2v) is 5.70. The van der Waals surface area contributed by atoms with Crippen molar-refractivity contribution in [3.8, 4) is 5.75 Å². The lowest BCUT2D eigenvalue weighted by atomic mass is 10.0. The molecule has 0 radical (unpaired) electrons. The van der Waals surface area contributed by atoms with Crippen LogP contribution in [0.25, 0.3) is 0 Å². The molecule has 0 saturated carbocycles. The summed E-state index contributed by atoms with van der Waals surface area (Å²) in [5, 5.41) is 0. The van der Waals surface area contributed by atoms with E-state index >= 15 is 0 Å². The van der Waals surface area contributed by atoms with E-state index in [0.717, 1.165) is 28.0 Å². The zero-order valence-corrected chi connectivity index (χ0v) is 12.3. The topological polar surface area (TPSA) is 21.8 Å². The van der Waals surface area contributed by atoms with Crippen LogP contribution in [0.5, 0.6) is 5.75 Å². The summed E-state index contributed by atoms with van der Waals surface area (Å²) in [7, 11) is 0. The first kappa shape index (κ1) is 12.7.